The molecule has 1 aliphatic rings. The first-order valence-electron chi connectivity index (χ1n) is 7.09. The number of hydrogen-bond acceptors (Lipinski definition) is 4. The van der Waals surface area contributed by atoms with Crippen LogP contribution in [0.3, 0.4) is 0 Å². The van der Waals surface area contributed by atoms with Gasteiger partial charge in [-0.2, -0.15) is 13.2 Å². The average Bonchev–Trinajstić information content (AvgIpc) is 3.14. The summed E-state index contributed by atoms with van der Waals surface area (Å²) in [5, 5.41) is 2.50. The number of hydrogen-bond donors (Lipinski definition) is 1. The number of aromatic nitrogens is 2. The molecular weight excluding hydrogens is 327 g/mol. The van der Waals surface area contributed by atoms with Crippen molar-refractivity contribution in [3.8, 4) is 11.5 Å². The number of fused-ring (bicyclic) bond motifs is 1. The molecule has 6 nitrogen and oxygen atoms in total. The summed E-state index contributed by atoms with van der Waals surface area (Å²) in [4.78, 5) is 15.7. The number of rotatable bonds is 4. The number of nitrogens with zero attached hydrogens (tertiary/aromatic N) is 2. The monoisotopic (exact) mass is 341 g/mol. The van der Waals surface area contributed by atoms with Crippen molar-refractivity contribution in [1.29, 1.82) is 0 Å². The molecule has 3 rings (SSSR count). The number of ether oxygens (including phenoxy) is 2. The molecule has 9 heteroatoms. The summed E-state index contributed by atoms with van der Waals surface area (Å²) >= 11 is 0. The fourth-order valence-corrected chi connectivity index (χ4v) is 2.40. The molecule has 0 radical (unpaired) electrons. The Morgan fingerprint density at radius 1 is 1.38 bits per heavy atom. The van der Waals surface area contributed by atoms with Crippen molar-refractivity contribution in [3.63, 3.8) is 0 Å². The molecule has 0 saturated carbocycles. The fourth-order valence-electron chi connectivity index (χ4n) is 2.40. The van der Waals surface area contributed by atoms with Crippen LogP contribution in [-0.2, 0) is 4.79 Å². The van der Waals surface area contributed by atoms with Gasteiger partial charge in [0.05, 0.1) is 12.7 Å². The quantitative estimate of drug-likeness (QED) is 0.928. The standard InChI is InChI=1S/C15H14F3N3O3/c1-9-4-11-12(24-8-23-11)5-10(9)20-14(22)6-13(15(16,17)18)21-3-2-19-7-21/h2-5,7,13H,6,8H2,1H3,(H,20,22)/t13-/m1/s1. The van der Waals surface area contributed by atoms with Crippen molar-refractivity contribution in [2.45, 2.75) is 25.6 Å². The van der Waals surface area contributed by atoms with E-state index in [0.29, 0.717) is 22.7 Å². The molecule has 2 heterocycles. The number of amides is 1. The number of halogens is 3. The normalized spacial score (nSPS) is 14.5. The van der Waals surface area contributed by atoms with Gasteiger partial charge < -0.3 is 19.4 Å². The number of benzene rings is 1. The number of alkyl halides is 3. The zero-order chi connectivity index (χ0) is 17.3. The van der Waals surface area contributed by atoms with Crippen LogP contribution in [0.1, 0.15) is 18.0 Å². The number of carbonyl (C=O) groups excluding carboxylic acids is 1. The summed E-state index contributed by atoms with van der Waals surface area (Å²) in [6.45, 7) is 1.79. The molecule has 1 N–H and O–H groups in total. The highest BCUT2D eigenvalue weighted by atomic mass is 19.4. The van der Waals surface area contributed by atoms with Crippen LogP contribution >= 0.6 is 0 Å². The first-order chi connectivity index (χ1) is 11.3. The van der Waals surface area contributed by atoms with Gasteiger partial charge in [-0.05, 0) is 18.6 Å². The van der Waals surface area contributed by atoms with Gasteiger partial charge in [-0.1, -0.05) is 0 Å². The lowest BCUT2D eigenvalue weighted by Crippen LogP contribution is -2.30. The van der Waals surface area contributed by atoms with E-state index >= 15 is 0 Å². The van der Waals surface area contributed by atoms with Crippen molar-refractivity contribution in [2.24, 2.45) is 0 Å². The minimum absolute atomic E-state index is 0.0724. The molecular formula is C15H14F3N3O3. The second-order valence-corrected chi connectivity index (χ2v) is 5.34. The van der Waals surface area contributed by atoms with Crippen molar-refractivity contribution in [1.82, 2.24) is 9.55 Å². The Balaban J connectivity index is 1.75. The van der Waals surface area contributed by atoms with Gasteiger partial charge >= 0.3 is 6.18 Å². The zero-order valence-electron chi connectivity index (χ0n) is 12.6. The lowest BCUT2D eigenvalue weighted by atomic mass is 10.1. The molecule has 0 bridgehead atoms. The number of aryl methyl sites for hydroxylation is 1. The van der Waals surface area contributed by atoms with Gasteiger partial charge in [0.1, 0.15) is 6.04 Å². The van der Waals surface area contributed by atoms with Crippen LogP contribution in [0, 0.1) is 6.92 Å². The maximum Gasteiger partial charge on any atom is 0.409 e. The van der Waals surface area contributed by atoms with E-state index in [2.05, 4.69) is 10.3 Å². The second-order valence-electron chi connectivity index (χ2n) is 5.34. The highest BCUT2D eigenvalue weighted by Gasteiger charge is 2.42. The van der Waals surface area contributed by atoms with Crippen molar-refractivity contribution in [2.75, 3.05) is 12.1 Å². The molecule has 1 amide bonds. The third-order valence-electron chi connectivity index (χ3n) is 3.64. The summed E-state index contributed by atoms with van der Waals surface area (Å²) in [5.41, 5.74) is 1.05. The van der Waals surface area contributed by atoms with E-state index in [9.17, 15) is 18.0 Å². The largest absolute Gasteiger partial charge is 0.454 e. The lowest BCUT2D eigenvalue weighted by Gasteiger charge is -2.21. The highest BCUT2D eigenvalue weighted by Crippen LogP contribution is 2.37. The average molecular weight is 341 g/mol. The lowest BCUT2D eigenvalue weighted by molar-refractivity contribution is -0.171. The maximum atomic E-state index is 13.2. The Hall–Kier alpha value is -2.71. The Morgan fingerprint density at radius 2 is 2.08 bits per heavy atom. The molecule has 0 aliphatic carbocycles. The molecule has 0 spiro atoms. The van der Waals surface area contributed by atoms with E-state index < -0.39 is 24.5 Å². The molecule has 0 unspecified atom stereocenters. The summed E-state index contributed by atoms with van der Waals surface area (Å²) in [7, 11) is 0. The van der Waals surface area contributed by atoms with Gasteiger partial charge in [-0.15, -0.1) is 0 Å². The minimum Gasteiger partial charge on any atom is -0.454 e. The van der Waals surface area contributed by atoms with Crippen LogP contribution in [0.5, 0.6) is 11.5 Å². The third kappa shape index (κ3) is 3.29. The molecule has 1 aliphatic heterocycles. The first-order valence-corrected chi connectivity index (χ1v) is 7.09. The number of carbonyl (C=O) groups is 1. The maximum absolute atomic E-state index is 13.2. The topological polar surface area (TPSA) is 65.4 Å². The molecule has 0 saturated heterocycles. The van der Waals surface area contributed by atoms with Crippen molar-refractivity contribution >= 4 is 11.6 Å². The van der Waals surface area contributed by atoms with Gasteiger partial charge in [-0.25, -0.2) is 4.98 Å². The second kappa shape index (κ2) is 6.06. The smallest absolute Gasteiger partial charge is 0.409 e. The number of imidazole rings is 1. The molecule has 0 fully saturated rings. The first kappa shape index (κ1) is 16.2. The van der Waals surface area contributed by atoms with E-state index in [-0.39, 0.29) is 6.79 Å². The van der Waals surface area contributed by atoms with Crippen LogP contribution in [0.25, 0.3) is 0 Å². The Labute approximate surface area is 135 Å². The van der Waals surface area contributed by atoms with Crippen molar-refractivity contribution in [3.05, 3.63) is 36.4 Å². The van der Waals surface area contributed by atoms with Gasteiger partial charge in [0.15, 0.2) is 11.5 Å². The molecule has 2 aromatic rings. The van der Waals surface area contributed by atoms with E-state index in [1.165, 1.54) is 18.5 Å². The molecule has 1 atom stereocenters. The van der Waals surface area contributed by atoms with E-state index in [1.807, 2.05) is 0 Å². The number of anilines is 1. The molecule has 128 valence electrons. The van der Waals surface area contributed by atoms with Crippen LogP contribution in [0.2, 0.25) is 0 Å². The van der Waals surface area contributed by atoms with Gasteiger partial charge in [0.25, 0.3) is 0 Å². The van der Waals surface area contributed by atoms with E-state index in [1.54, 1.807) is 13.0 Å². The van der Waals surface area contributed by atoms with Crippen LogP contribution < -0.4 is 14.8 Å². The van der Waals surface area contributed by atoms with Gasteiger partial charge in [0.2, 0.25) is 12.7 Å². The van der Waals surface area contributed by atoms with Gasteiger partial charge in [0, 0.05) is 24.1 Å². The Kier molecular flexibility index (Phi) is 4.08. The summed E-state index contributed by atoms with van der Waals surface area (Å²) < 4.78 is 50.8. The fraction of sp³-hybridized carbons (Fsp3) is 0.333. The molecule has 1 aromatic carbocycles. The predicted molar refractivity (Wildman–Crippen MR) is 77.9 cm³/mol. The number of nitrogens with one attached hydrogen (secondary N) is 1. The molecule has 1 aromatic heterocycles. The van der Waals surface area contributed by atoms with Crippen LogP contribution in [0.15, 0.2) is 30.9 Å². The van der Waals surface area contributed by atoms with E-state index in [4.69, 9.17) is 9.47 Å². The summed E-state index contributed by atoms with van der Waals surface area (Å²) in [6, 6.07) is 1.22. The van der Waals surface area contributed by atoms with Crippen LogP contribution in [0.4, 0.5) is 18.9 Å². The predicted octanol–water partition coefficient (Wildman–Crippen LogP) is 3.05. The third-order valence-corrected chi connectivity index (χ3v) is 3.64. The molecule has 24 heavy (non-hydrogen) atoms. The highest BCUT2D eigenvalue weighted by molar-refractivity contribution is 5.92. The van der Waals surface area contributed by atoms with Gasteiger partial charge in [-0.3, -0.25) is 4.79 Å². The minimum atomic E-state index is -4.57. The summed E-state index contributed by atoms with van der Waals surface area (Å²) in [5.74, 6) is 0.225. The Morgan fingerprint density at radius 3 is 2.71 bits per heavy atom. The van der Waals surface area contributed by atoms with Crippen LogP contribution in [-0.4, -0.2) is 28.4 Å². The SMILES string of the molecule is Cc1cc2c(cc1NC(=O)C[C@@H](n1ccnc1)C(F)(F)F)OCO2. The Bertz CT molecular complexity index is 744. The zero-order valence-corrected chi connectivity index (χ0v) is 12.6. The summed E-state index contributed by atoms with van der Waals surface area (Å²) in [6.07, 6.45) is -1.87. The van der Waals surface area contributed by atoms with Crippen molar-refractivity contribution < 1.29 is 27.4 Å². The van der Waals surface area contributed by atoms with E-state index in [0.717, 1.165) is 10.9 Å².